The Morgan fingerprint density at radius 1 is 1.16 bits per heavy atom. The molecule has 19 heavy (non-hydrogen) atoms. The van der Waals surface area contributed by atoms with Crippen LogP contribution < -0.4 is 21.9 Å². The Morgan fingerprint density at radius 3 is 2.42 bits per heavy atom. The fourth-order valence-corrected chi connectivity index (χ4v) is 1.41. The molecule has 0 aliphatic rings. The second-order valence-electron chi connectivity index (χ2n) is 4.07. The van der Waals surface area contributed by atoms with Crippen LogP contribution in [0.15, 0.2) is 24.3 Å². The number of benzene rings is 1. The van der Waals surface area contributed by atoms with Gasteiger partial charge in [-0.3, -0.25) is 10.6 Å². The summed E-state index contributed by atoms with van der Waals surface area (Å²) in [4.78, 5) is 24.5. The van der Waals surface area contributed by atoms with E-state index in [-0.39, 0.29) is 11.9 Å². The van der Waals surface area contributed by atoms with Crippen molar-refractivity contribution < 1.29 is 9.59 Å². The number of nitrogens with two attached hydrogens (primary N) is 1. The molecule has 0 radical (unpaired) electrons. The number of nitrogens with one attached hydrogen (secondary N) is 3. The first-order valence-electron chi connectivity index (χ1n) is 5.85. The zero-order chi connectivity index (χ0) is 14.3. The molecule has 7 nitrogen and oxygen atoms in total. The van der Waals surface area contributed by atoms with Crippen molar-refractivity contribution in [1.82, 2.24) is 15.5 Å². The molecule has 5 N–H and O–H groups in total. The molecule has 1 aromatic carbocycles. The van der Waals surface area contributed by atoms with Crippen LogP contribution >= 0.6 is 0 Å². The lowest BCUT2D eigenvalue weighted by atomic mass is 10.1. The van der Waals surface area contributed by atoms with Gasteiger partial charge in [0, 0.05) is 27.2 Å². The summed E-state index contributed by atoms with van der Waals surface area (Å²) in [7, 11) is 3.30. The van der Waals surface area contributed by atoms with E-state index in [2.05, 4.69) is 16.1 Å². The predicted octanol–water partition coefficient (Wildman–Crippen LogP) is -0.0268. The van der Waals surface area contributed by atoms with Crippen molar-refractivity contribution in [3.05, 3.63) is 29.8 Å². The van der Waals surface area contributed by atoms with E-state index in [1.165, 1.54) is 4.90 Å². The number of hydrogen-bond acceptors (Lipinski definition) is 4. The van der Waals surface area contributed by atoms with Crippen molar-refractivity contribution in [1.29, 1.82) is 0 Å². The third kappa shape index (κ3) is 4.47. The van der Waals surface area contributed by atoms with Crippen LogP contribution in [0.2, 0.25) is 0 Å². The van der Waals surface area contributed by atoms with Crippen LogP contribution in [0.4, 0.5) is 10.5 Å². The van der Waals surface area contributed by atoms with Gasteiger partial charge in [-0.05, 0) is 12.1 Å². The van der Waals surface area contributed by atoms with Crippen LogP contribution in [-0.2, 0) is 0 Å². The Balaban J connectivity index is 2.41. The Bertz CT molecular complexity index is 448. The smallest absolute Gasteiger partial charge is 0.316 e. The summed E-state index contributed by atoms with van der Waals surface area (Å²) in [6.07, 6.45) is 0. The molecule has 7 heteroatoms. The Hall–Kier alpha value is -2.28. The van der Waals surface area contributed by atoms with Gasteiger partial charge in [-0.25, -0.2) is 4.79 Å². The first-order valence-corrected chi connectivity index (χ1v) is 5.85. The monoisotopic (exact) mass is 265 g/mol. The van der Waals surface area contributed by atoms with Gasteiger partial charge in [-0.15, -0.1) is 0 Å². The van der Waals surface area contributed by atoms with Gasteiger partial charge in [0.25, 0.3) is 5.91 Å². The number of carbonyl (C=O) groups excluding carboxylic acids is 2. The van der Waals surface area contributed by atoms with Crippen LogP contribution in [0, 0.1) is 0 Å². The number of carbonyl (C=O) groups is 2. The standard InChI is InChI=1S/C12H19N5O2/c1-17(2)12(19)15-8-7-14-11(18)9-5-3-4-6-10(9)16-13/h3-6,16H,7-8,13H2,1-2H3,(H,14,18)(H,15,19). The second-order valence-corrected chi connectivity index (χ2v) is 4.07. The van der Waals surface area contributed by atoms with E-state index < -0.39 is 0 Å². The molecule has 0 bridgehead atoms. The molecule has 0 fully saturated rings. The predicted molar refractivity (Wildman–Crippen MR) is 73.7 cm³/mol. The maximum absolute atomic E-state index is 11.9. The molecule has 0 unspecified atom stereocenters. The molecule has 0 aliphatic carbocycles. The quantitative estimate of drug-likeness (QED) is 0.341. The molecule has 1 rings (SSSR count). The molecule has 0 atom stereocenters. The van der Waals surface area contributed by atoms with E-state index in [1.54, 1.807) is 38.4 Å². The van der Waals surface area contributed by atoms with Crippen molar-refractivity contribution in [3.63, 3.8) is 0 Å². The highest BCUT2D eigenvalue weighted by Crippen LogP contribution is 2.12. The van der Waals surface area contributed by atoms with E-state index in [1.807, 2.05) is 0 Å². The van der Waals surface area contributed by atoms with E-state index in [4.69, 9.17) is 5.84 Å². The number of amides is 3. The molecule has 0 saturated carbocycles. The number of hydrogen-bond donors (Lipinski definition) is 4. The number of para-hydroxylation sites is 1. The van der Waals surface area contributed by atoms with Crippen LogP contribution in [0.25, 0.3) is 0 Å². The maximum Gasteiger partial charge on any atom is 0.316 e. The highest BCUT2D eigenvalue weighted by atomic mass is 16.2. The van der Waals surface area contributed by atoms with Crippen molar-refractivity contribution in [2.45, 2.75) is 0 Å². The highest BCUT2D eigenvalue weighted by Gasteiger charge is 2.09. The SMILES string of the molecule is CN(C)C(=O)NCCNC(=O)c1ccccc1NN. The lowest BCUT2D eigenvalue weighted by Crippen LogP contribution is -2.39. The summed E-state index contributed by atoms with van der Waals surface area (Å²) in [5, 5.41) is 5.35. The number of rotatable bonds is 5. The fraction of sp³-hybridized carbons (Fsp3) is 0.333. The number of anilines is 1. The van der Waals surface area contributed by atoms with Gasteiger partial charge >= 0.3 is 6.03 Å². The van der Waals surface area contributed by atoms with Crippen LogP contribution in [0.3, 0.4) is 0 Å². The van der Waals surface area contributed by atoms with Crippen LogP contribution in [0.1, 0.15) is 10.4 Å². The minimum atomic E-state index is -0.243. The molecule has 3 amide bonds. The first kappa shape index (κ1) is 14.8. The molecule has 0 aromatic heterocycles. The molecule has 0 saturated heterocycles. The first-order chi connectivity index (χ1) is 9.06. The minimum Gasteiger partial charge on any atom is -0.350 e. The van der Waals surface area contributed by atoms with Crippen molar-refractivity contribution in [2.24, 2.45) is 5.84 Å². The van der Waals surface area contributed by atoms with E-state index >= 15 is 0 Å². The van der Waals surface area contributed by atoms with Crippen molar-refractivity contribution in [2.75, 3.05) is 32.6 Å². The van der Waals surface area contributed by atoms with Crippen molar-refractivity contribution >= 4 is 17.6 Å². The number of hydrazine groups is 1. The van der Waals surface area contributed by atoms with Crippen LogP contribution in [0.5, 0.6) is 0 Å². The summed E-state index contributed by atoms with van der Waals surface area (Å²) < 4.78 is 0. The Labute approximate surface area is 112 Å². The van der Waals surface area contributed by atoms with Gasteiger partial charge in [0.15, 0.2) is 0 Å². The van der Waals surface area contributed by atoms with Gasteiger partial charge in [-0.2, -0.15) is 0 Å². The lowest BCUT2D eigenvalue weighted by Gasteiger charge is -2.13. The zero-order valence-corrected chi connectivity index (χ0v) is 11.1. The second kappa shape index (κ2) is 7.22. The number of urea groups is 1. The zero-order valence-electron chi connectivity index (χ0n) is 11.1. The third-order valence-electron chi connectivity index (χ3n) is 2.42. The normalized spacial score (nSPS) is 9.63. The number of nitrogens with zero attached hydrogens (tertiary/aromatic N) is 1. The highest BCUT2D eigenvalue weighted by molar-refractivity contribution is 5.99. The average Bonchev–Trinajstić information content (AvgIpc) is 2.42. The summed E-state index contributed by atoms with van der Waals surface area (Å²) in [6.45, 7) is 0.707. The Kier molecular flexibility index (Phi) is 5.62. The van der Waals surface area contributed by atoms with Crippen molar-refractivity contribution in [3.8, 4) is 0 Å². The Morgan fingerprint density at radius 2 is 1.79 bits per heavy atom. The third-order valence-corrected chi connectivity index (χ3v) is 2.42. The molecule has 1 aromatic rings. The largest absolute Gasteiger partial charge is 0.350 e. The summed E-state index contributed by atoms with van der Waals surface area (Å²) in [5.74, 6) is 5.08. The maximum atomic E-state index is 11.9. The van der Waals surface area contributed by atoms with Gasteiger partial charge in [0.05, 0.1) is 11.3 Å². The summed E-state index contributed by atoms with van der Waals surface area (Å²) >= 11 is 0. The minimum absolute atomic E-state index is 0.196. The molecular weight excluding hydrogens is 246 g/mol. The average molecular weight is 265 g/mol. The molecule has 0 aliphatic heterocycles. The van der Waals surface area contributed by atoms with Gasteiger partial charge in [-0.1, -0.05) is 12.1 Å². The van der Waals surface area contributed by atoms with Gasteiger partial charge in [0.1, 0.15) is 0 Å². The summed E-state index contributed by atoms with van der Waals surface area (Å²) in [6, 6.07) is 6.72. The molecule has 0 spiro atoms. The van der Waals surface area contributed by atoms with Gasteiger partial charge < -0.3 is 21.0 Å². The fourth-order valence-electron chi connectivity index (χ4n) is 1.41. The van der Waals surface area contributed by atoms with E-state index in [0.29, 0.717) is 24.3 Å². The van der Waals surface area contributed by atoms with Crippen LogP contribution in [-0.4, -0.2) is 44.0 Å². The topological polar surface area (TPSA) is 99.5 Å². The molecular formula is C12H19N5O2. The van der Waals surface area contributed by atoms with Gasteiger partial charge in [0.2, 0.25) is 0 Å². The van der Waals surface area contributed by atoms with E-state index in [9.17, 15) is 9.59 Å². The molecule has 0 heterocycles. The summed E-state index contributed by atoms with van der Waals surface area (Å²) in [5.41, 5.74) is 3.48. The number of nitrogen functional groups attached to an aromatic ring is 1. The molecule has 104 valence electrons. The lowest BCUT2D eigenvalue weighted by molar-refractivity contribution is 0.0954. The van der Waals surface area contributed by atoms with E-state index in [0.717, 1.165) is 0 Å².